The second kappa shape index (κ2) is 9.68. The molecule has 0 aliphatic carbocycles. The molecule has 2 aromatic heterocycles. The van der Waals surface area contributed by atoms with E-state index in [9.17, 15) is 4.79 Å². The number of benzene rings is 3. The minimum atomic E-state index is -0.0709. The number of hydrogen-bond acceptors (Lipinski definition) is 4. The molecule has 8 heteroatoms. The lowest BCUT2D eigenvalue weighted by Crippen LogP contribution is -2.17. The first-order valence-electron chi connectivity index (χ1n) is 10.7. The highest BCUT2D eigenvalue weighted by atomic mass is 35.5. The van der Waals surface area contributed by atoms with Crippen molar-refractivity contribution in [3.05, 3.63) is 99.9 Å². The summed E-state index contributed by atoms with van der Waals surface area (Å²) in [5.74, 6) is 1.63. The van der Waals surface area contributed by atoms with Crippen LogP contribution in [-0.4, -0.2) is 30.1 Å². The molecular weight excluding hydrogens is 454 g/mol. The summed E-state index contributed by atoms with van der Waals surface area (Å²) in [6.45, 7) is 1.32. The van der Waals surface area contributed by atoms with E-state index >= 15 is 0 Å². The van der Waals surface area contributed by atoms with E-state index in [2.05, 4.69) is 31.9 Å². The number of fused-ring (bicyclic) bond motifs is 1. The van der Waals surface area contributed by atoms with Gasteiger partial charge in [-0.3, -0.25) is 9.13 Å². The Bertz CT molecular complexity index is 1420. The molecule has 0 fully saturated rings. The highest BCUT2D eigenvalue weighted by Gasteiger charge is 2.15. The molecule has 1 N–H and O–H groups in total. The van der Waals surface area contributed by atoms with Gasteiger partial charge in [0, 0.05) is 22.9 Å². The summed E-state index contributed by atoms with van der Waals surface area (Å²) in [6.07, 6.45) is 0.834. The third-order valence-corrected chi connectivity index (χ3v) is 6.75. The van der Waals surface area contributed by atoms with Gasteiger partial charge >= 0.3 is 5.69 Å². The van der Waals surface area contributed by atoms with Gasteiger partial charge in [-0.1, -0.05) is 65.8 Å². The summed E-state index contributed by atoms with van der Waals surface area (Å²) in [6, 6.07) is 25.7. The summed E-state index contributed by atoms with van der Waals surface area (Å²) in [4.78, 5) is 15.2. The number of hydrogen-bond donors (Lipinski definition) is 1. The van der Waals surface area contributed by atoms with Gasteiger partial charge in [-0.25, -0.2) is 4.79 Å². The predicted octanol–water partition coefficient (Wildman–Crippen LogP) is 5.47. The number of H-pyrrole nitrogens is 1. The number of imidazole rings is 1. The van der Waals surface area contributed by atoms with Crippen LogP contribution in [0.15, 0.2) is 88.8 Å². The molecule has 3 aromatic carbocycles. The maximum Gasteiger partial charge on any atom is 0.326 e. The van der Waals surface area contributed by atoms with E-state index in [1.165, 1.54) is 5.56 Å². The lowest BCUT2D eigenvalue weighted by molar-refractivity contribution is 0.675. The molecule has 0 unspecified atom stereocenters. The predicted molar refractivity (Wildman–Crippen MR) is 134 cm³/mol. The minimum absolute atomic E-state index is 0.0709. The van der Waals surface area contributed by atoms with Crippen molar-refractivity contribution in [2.45, 2.75) is 24.7 Å². The first-order chi connectivity index (χ1) is 16.2. The molecule has 0 spiro atoms. The molecule has 2 heterocycles. The molecule has 166 valence electrons. The first-order valence-corrected chi connectivity index (χ1v) is 12.1. The van der Waals surface area contributed by atoms with Crippen molar-refractivity contribution in [1.29, 1.82) is 0 Å². The molecule has 33 heavy (non-hydrogen) atoms. The summed E-state index contributed by atoms with van der Waals surface area (Å²) in [7, 11) is 0. The maximum absolute atomic E-state index is 12.3. The van der Waals surface area contributed by atoms with Crippen LogP contribution in [0.4, 0.5) is 0 Å². The van der Waals surface area contributed by atoms with Gasteiger partial charge in [0.05, 0.1) is 17.6 Å². The van der Waals surface area contributed by atoms with Gasteiger partial charge in [0.2, 0.25) is 0 Å². The van der Waals surface area contributed by atoms with Crippen LogP contribution in [0.1, 0.15) is 12.0 Å². The Labute approximate surface area is 200 Å². The topological polar surface area (TPSA) is 68.5 Å². The second-order valence-corrected chi connectivity index (χ2v) is 9.18. The Balaban J connectivity index is 1.34. The van der Waals surface area contributed by atoms with Crippen LogP contribution in [0.3, 0.4) is 0 Å². The molecule has 0 saturated carbocycles. The Kier molecular flexibility index (Phi) is 6.32. The number of nitrogens with zero attached hydrogens (tertiary/aromatic N) is 4. The highest BCUT2D eigenvalue weighted by Crippen LogP contribution is 2.27. The number of aromatic amines is 1. The third kappa shape index (κ3) is 4.74. The van der Waals surface area contributed by atoms with Crippen LogP contribution < -0.4 is 5.69 Å². The van der Waals surface area contributed by atoms with Crippen molar-refractivity contribution in [2.24, 2.45) is 0 Å². The van der Waals surface area contributed by atoms with Gasteiger partial charge in [0.15, 0.2) is 11.0 Å². The van der Waals surface area contributed by atoms with Crippen LogP contribution >= 0.6 is 23.4 Å². The second-order valence-electron chi connectivity index (χ2n) is 7.69. The quantitative estimate of drug-likeness (QED) is 0.238. The van der Waals surface area contributed by atoms with Crippen LogP contribution in [0.2, 0.25) is 5.02 Å². The maximum atomic E-state index is 12.3. The average Bonchev–Trinajstić information content (AvgIpc) is 3.38. The Hall–Kier alpha value is -3.29. The van der Waals surface area contributed by atoms with Crippen LogP contribution in [0.25, 0.3) is 22.4 Å². The number of para-hydroxylation sites is 2. The molecule has 0 aliphatic rings. The molecule has 0 bridgehead atoms. The van der Waals surface area contributed by atoms with E-state index in [4.69, 9.17) is 11.6 Å². The number of halogens is 1. The fraction of sp³-hybridized carbons (Fsp3) is 0.160. The summed E-state index contributed by atoms with van der Waals surface area (Å²) in [5, 5.41) is 10.5. The summed E-state index contributed by atoms with van der Waals surface area (Å²) < 4.78 is 3.94. The standard InChI is InChI=1S/C25H22ClN5OS/c26-20-13-11-19(12-14-20)23-28-29-25(31(23)17-18-7-2-1-3-8-18)33-16-6-15-30-22-10-5-4-9-21(22)27-24(30)32/h1-5,7-14H,6,15-17H2,(H,27,32). The lowest BCUT2D eigenvalue weighted by atomic mass is 10.2. The molecule has 6 nitrogen and oxygen atoms in total. The minimum Gasteiger partial charge on any atom is -0.306 e. The summed E-state index contributed by atoms with van der Waals surface area (Å²) in [5.41, 5.74) is 3.88. The monoisotopic (exact) mass is 475 g/mol. The number of aryl methyl sites for hydroxylation is 1. The molecule has 0 atom stereocenters. The molecule has 0 saturated heterocycles. The number of rotatable bonds is 8. The zero-order valence-corrected chi connectivity index (χ0v) is 19.4. The van der Waals surface area contributed by atoms with Crippen LogP contribution in [0, 0.1) is 0 Å². The number of nitrogens with one attached hydrogen (secondary N) is 1. The van der Waals surface area contributed by atoms with E-state index in [0.29, 0.717) is 18.1 Å². The molecule has 0 aliphatic heterocycles. The molecule has 0 amide bonds. The Morgan fingerprint density at radius 1 is 0.879 bits per heavy atom. The molecule has 0 radical (unpaired) electrons. The van der Waals surface area contributed by atoms with E-state index in [1.807, 2.05) is 66.7 Å². The van der Waals surface area contributed by atoms with E-state index in [0.717, 1.165) is 39.8 Å². The number of thioether (sulfide) groups is 1. The van der Waals surface area contributed by atoms with Gasteiger partial charge in [-0.2, -0.15) is 0 Å². The van der Waals surface area contributed by atoms with Crippen LogP contribution in [-0.2, 0) is 13.1 Å². The van der Waals surface area contributed by atoms with Gasteiger partial charge in [-0.05, 0) is 48.4 Å². The van der Waals surface area contributed by atoms with Gasteiger partial charge < -0.3 is 4.98 Å². The van der Waals surface area contributed by atoms with Crippen molar-refractivity contribution in [1.82, 2.24) is 24.3 Å². The van der Waals surface area contributed by atoms with Crippen LogP contribution in [0.5, 0.6) is 0 Å². The van der Waals surface area contributed by atoms with Crippen molar-refractivity contribution < 1.29 is 0 Å². The smallest absolute Gasteiger partial charge is 0.306 e. The van der Waals surface area contributed by atoms with Crippen molar-refractivity contribution in [3.8, 4) is 11.4 Å². The van der Waals surface area contributed by atoms with E-state index in [1.54, 1.807) is 16.3 Å². The largest absolute Gasteiger partial charge is 0.326 e. The fourth-order valence-corrected chi connectivity index (χ4v) is 4.82. The number of aromatic nitrogens is 5. The SMILES string of the molecule is O=c1[nH]c2ccccc2n1CCCSc1nnc(-c2ccc(Cl)cc2)n1Cc1ccccc1. The fourth-order valence-electron chi connectivity index (χ4n) is 3.83. The normalized spacial score (nSPS) is 11.3. The molecule has 5 rings (SSSR count). The average molecular weight is 476 g/mol. The Morgan fingerprint density at radius 2 is 1.64 bits per heavy atom. The Morgan fingerprint density at radius 3 is 2.45 bits per heavy atom. The first kappa shape index (κ1) is 21.6. The molecular formula is C25H22ClN5OS. The van der Waals surface area contributed by atoms with Crippen molar-refractivity contribution in [3.63, 3.8) is 0 Å². The van der Waals surface area contributed by atoms with E-state index < -0.39 is 0 Å². The zero-order chi connectivity index (χ0) is 22.6. The van der Waals surface area contributed by atoms with Crippen molar-refractivity contribution >= 4 is 34.4 Å². The molecule has 5 aromatic rings. The van der Waals surface area contributed by atoms with Gasteiger partial charge in [0.1, 0.15) is 0 Å². The summed E-state index contributed by atoms with van der Waals surface area (Å²) >= 11 is 7.73. The highest BCUT2D eigenvalue weighted by molar-refractivity contribution is 7.99. The van der Waals surface area contributed by atoms with Gasteiger partial charge in [-0.15, -0.1) is 10.2 Å². The zero-order valence-electron chi connectivity index (χ0n) is 17.8. The third-order valence-electron chi connectivity index (χ3n) is 5.44. The van der Waals surface area contributed by atoms with Crippen molar-refractivity contribution in [2.75, 3.05) is 5.75 Å². The van der Waals surface area contributed by atoms with Gasteiger partial charge in [0.25, 0.3) is 0 Å². The lowest BCUT2D eigenvalue weighted by Gasteiger charge is -2.11. The van der Waals surface area contributed by atoms with E-state index in [-0.39, 0.29) is 5.69 Å².